The maximum absolute atomic E-state index is 12.5. The number of halogens is 1. The number of rotatable bonds is 1. The Labute approximate surface area is 122 Å². The SMILES string of the molecule is CN1CCN(C(=O)c2ccc(N)c(Br)c2)CC1(C)C. The summed E-state index contributed by atoms with van der Waals surface area (Å²) in [6.45, 7) is 6.72. The van der Waals surface area contributed by atoms with Crippen molar-refractivity contribution in [2.24, 2.45) is 0 Å². The van der Waals surface area contributed by atoms with Crippen molar-refractivity contribution in [2.45, 2.75) is 19.4 Å². The number of amides is 1. The molecule has 5 heteroatoms. The Kier molecular flexibility index (Phi) is 3.87. The molecule has 1 fully saturated rings. The Morgan fingerprint density at radius 2 is 2.05 bits per heavy atom. The van der Waals surface area contributed by atoms with Crippen LogP contribution >= 0.6 is 15.9 Å². The number of piperazine rings is 1. The van der Waals surface area contributed by atoms with E-state index in [0.717, 1.165) is 24.1 Å². The fraction of sp³-hybridized carbons (Fsp3) is 0.500. The second kappa shape index (κ2) is 5.13. The highest BCUT2D eigenvalue weighted by atomic mass is 79.9. The molecule has 0 bridgehead atoms. The molecule has 1 amide bonds. The first-order chi connectivity index (χ1) is 8.81. The van der Waals surface area contributed by atoms with Crippen LogP contribution in [0.1, 0.15) is 24.2 Å². The van der Waals surface area contributed by atoms with Gasteiger partial charge in [-0.05, 0) is 55.0 Å². The van der Waals surface area contributed by atoms with Crippen LogP contribution in [0, 0.1) is 0 Å². The van der Waals surface area contributed by atoms with E-state index >= 15 is 0 Å². The van der Waals surface area contributed by atoms with Gasteiger partial charge < -0.3 is 10.6 Å². The van der Waals surface area contributed by atoms with E-state index in [1.165, 1.54) is 0 Å². The standard InChI is InChI=1S/C14H20BrN3O/c1-14(2)9-18(7-6-17(14)3)13(19)10-4-5-12(16)11(15)8-10/h4-5,8H,6-7,9,16H2,1-3H3. The van der Waals surface area contributed by atoms with E-state index in [1.54, 1.807) is 18.2 Å². The van der Waals surface area contributed by atoms with Gasteiger partial charge in [-0.1, -0.05) is 0 Å². The van der Waals surface area contributed by atoms with Gasteiger partial charge in [-0.15, -0.1) is 0 Å². The van der Waals surface area contributed by atoms with Crippen LogP contribution in [0.3, 0.4) is 0 Å². The molecule has 2 rings (SSSR count). The number of anilines is 1. The van der Waals surface area contributed by atoms with Crippen molar-refractivity contribution in [2.75, 3.05) is 32.4 Å². The zero-order valence-corrected chi connectivity index (χ0v) is 13.2. The average Bonchev–Trinajstić information content (AvgIpc) is 2.35. The zero-order valence-electron chi connectivity index (χ0n) is 11.6. The Bertz CT molecular complexity index is 501. The van der Waals surface area contributed by atoms with Crippen molar-refractivity contribution in [3.05, 3.63) is 28.2 Å². The molecule has 0 saturated carbocycles. The molecule has 0 atom stereocenters. The van der Waals surface area contributed by atoms with Crippen molar-refractivity contribution >= 4 is 27.5 Å². The summed E-state index contributed by atoms with van der Waals surface area (Å²) in [6.07, 6.45) is 0. The van der Waals surface area contributed by atoms with Gasteiger partial charge in [0, 0.05) is 40.9 Å². The van der Waals surface area contributed by atoms with E-state index in [2.05, 4.69) is 41.7 Å². The summed E-state index contributed by atoms with van der Waals surface area (Å²) in [4.78, 5) is 16.7. The Morgan fingerprint density at radius 1 is 1.37 bits per heavy atom. The lowest BCUT2D eigenvalue weighted by atomic mass is 9.99. The minimum atomic E-state index is 0.0128. The third-order valence-corrected chi connectivity index (χ3v) is 4.54. The van der Waals surface area contributed by atoms with Crippen LogP contribution in [0.2, 0.25) is 0 Å². The van der Waals surface area contributed by atoms with Gasteiger partial charge in [0.25, 0.3) is 5.91 Å². The van der Waals surface area contributed by atoms with Gasteiger partial charge in [-0.3, -0.25) is 9.69 Å². The van der Waals surface area contributed by atoms with Crippen LogP contribution in [0.5, 0.6) is 0 Å². The lowest BCUT2D eigenvalue weighted by Crippen LogP contribution is -2.58. The summed E-state index contributed by atoms with van der Waals surface area (Å²) in [5.41, 5.74) is 7.09. The predicted molar refractivity (Wildman–Crippen MR) is 81.2 cm³/mol. The van der Waals surface area contributed by atoms with Gasteiger partial charge >= 0.3 is 0 Å². The van der Waals surface area contributed by atoms with E-state index in [4.69, 9.17) is 5.73 Å². The summed E-state index contributed by atoms with van der Waals surface area (Å²) in [5.74, 6) is 0.0712. The summed E-state index contributed by atoms with van der Waals surface area (Å²) in [7, 11) is 2.10. The molecule has 2 N–H and O–H groups in total. The van der Waals surface area contributed by atoms with Crippen LogP contribution < -0.4 is 5.73 Å². The van der Waals surface area contributed by atoms with Gasteiger partial charge in [0.05, 0.1) is 0 Å². The molecule has 0 spiro atoms. The van der Waals surface area contributed by atoms with E-state index < -0.39 is 0 Å². The van der Waals surface area contributed by atoms with E-state index in [0.29, 0.717) is 11.3 Å². The minimum Gasteiger partial charge on any atom is -0.398 e. The molecule has 0 unspecified atom stereocenters. The maximum atomic E-state index is 12.5. The molecular weight excluding hydrogens is 306 g/mol. The highest BCUT2D eigenvalue weighted by Gasteiger charge is 2.33. The van der Waals surface area contributed by atoms with Gasteiger partial charge in [0.15, 0.2) is 0 Å². The lowest BCUT2D eigenvalue weighted by Gasteiger charge is -2.45. The summed E-state index contributed by atoms with van der Waals surface area (Å²) in [5, 5.41) is 0. The molecule has 4 nitrogen and oxygen atoms in total. The largest absolute Gasteiger partial charge is 0.398 e. The first-order valence-corrected chi connectivity index (χ1v) is 7.16. The highest BCUT2D eigenvalue weighted by Crippen LogP contribution is 2.24. The van der Waals surface area contributed by atoms with Crippen molar-refractivity contribution in [1.82, 2.24) is 9.80 Å². The van der Waals surface area contributed by atoms with Crippen molar-refractivity contribution in [3.8, 4) is 0 Å². The lowest BCUT2D eigenvalue weighted by molar-refractivity contribution is 0.0311. The van der Waals surface area contributed by atoms with Crippen LogP contribution in [-0.2, 0) is 0 Å². The number of nitrogens with two attached hydrogens (primary N) is 1. The topological polar surface area (TPSA) is 49.6 Å². The first-order valence-electron chi connectivity index (χ1n) is 6.37. The second-order valence-electron chi connectivity index (χ2n) is 5.70. The van der Waals surface area contributed by atoms with Gasteiger partial charge in [0.2, 0.25) is 0 Å². The first kappa shape index (κ1) is 14.3. The fourth-order valence-corrected chi connectivity index (χ4v) is 2.64. The molecule has 1 saturated heterocycles. The summed E-state index contributed by atoms with van der Waals surface area (Å²) < 4.78 is 0.770. The highest BCUT2D eigenvalue weighted by molar-refractivity contribution is 9.10. The molecule has 1 aliphatic heterocycles. The van der Waals surface area contributed by atoms with Gasteiger partial charge in [-0.2, -0.15) is 0 Å². The maximum Gasteiger partial charge on any atom is 0.254 e. The summed E-state index contributed by atoms with van der Waals surface area (Å²) >= 11 is 3.37. The molecular formula is C14H20BrN3O. The van der Waals surface area contributed by atoms with Crippen molar-refractivity contribution in [3.63, 3.8) is 0 Å². The number of hydrogen-bond acceptors (Lipinski definition) is 3. The van der Waals surface area contributed by atoms with Crippen molar-refractivity contribution < 1.29 is 4.79 Å². The van der Waals surface area contributed by atoms with Gasteiger partial charge in [-0.25, -0.2) is 0 Å². The van der Waals surface area contributed by atoms with Crippen molar-refractivity contribution in [1.29, 1.82) is 0 Å². The molecule has 1 aromatic rings. The second-order valence-corrected chi connectivity index (χ2v) is 6.55. The number of hydrogen-bond donors (Lipinski definition) is 1. The van der Waals surface area contributed by atoms with Crippen LogP contribution in [0.15, 0.2) is 22.7 Å². The molecule has 0 aliphatic carbocycles. The predicted octanol–water partition coefficient (Wildman–Crippen LogP) is 2.20. The summed E-state index contributed by atoms with van der Waals surface area (Å²) in [6, 6.07) is 5.34. The monoisotopic (exact) mass is 325 g/mol. The Hall–Kier alpha value is -1.07. The van der Waals surface area contributed by atoms with Crippen LogP contribution in [-0.4, -0.2) is 47.9 Å². The molecule has 0 aromatic heterocycles. The molecule has 1 aromatic carbocycles. The van der Waals surface area contributed by atoms with Crippen LogP contribution in [0.25, 0.3) is 0 Å². The molecule has 0 radical (unpaired) electrons. The number of carbonyl (C=O) groups excluding carboxylic acids is 1. The fourth-order valence-electron chi connectivity index (χ4n) is 2.26. The number of carbonyl (C=O) groups is 1. The average molecular weight is 326 g/mol. The Morgan fingerprint density at radius 3 is 2.63 bits per heavy atom. The zero-order chi connectivity index (χ0) is 14.2. The third-order valence-electron chi connectivity index (χ3n) is 3.85. The molecule has 19 heavy (non-hydrogen) atoms. The van der Waals surface area contributed by atoms with Gasteiger partial charge in [0.1, 0.15) is 0 Å². The van der Waals surface area contributed by atoms with E-state index in [9.17, 15) is 4.79 Å². The Balaban J connectivity index is 2.18. The van der Waals surface area contributed by atoms with E-state index in [1.807, 2.05) is 4.90 Å². The van der Waals surface area contributed by atoms with E-state index in [-0.39, 0.29) is 11.4 Å². The number of benzene rings is 1. The quantitative estimate of drug-likeness (QED) is 0.805. The normalized spacial score (nSPS) is 19.5. The molecule has 1 heterocycles. The van der Waals surface area contributed by atoms with Crippen LogP contribution in [0.4, 0.5) is 5.69 Å². The molecule has 1 aliphatic rings. The molecule has 104 valence electrons. The minimum absolute atomic E-state index is 0.0128. The third kappa shape index (κ3) is 2.92. The number of nitrogen functional groups attached to an aromatic ring is 1. The number of likely N-dealkylation sites (N-methyl/N-ethyl adjacent to an activating group) is 1. The smallest absolute Gasteiger partial charge is 0.254 e. The number of nitrogens with zero attached hydrogens (tertiary/aromatic N) is 2.